The van der Waals surface area contributed by atoms with Gasteiger partial charge in [-0.15, -0.1) is 0 Å². The van der Waals surface area contributed by atoms with Crippen molar-refractivity contribution in [2.75, 3.05) is 10.1 Å². The van der Waals surface area contributed by atoms with E-state index in [2.05, 4.69) is 20.2 Å². The van der Waals surface area contributed by atoms with Gasteiger partial charge in [0, 0.05) is 19.4 Å². The van der Waals surface area contributed by atoms with Gasteiger partial charge in [0.05, 0.1) is 11.4 Å². The molecule has 0 bridgehead atoms. The van der Waals surface area contributed by atoms with Crippen molar-refractivity contribution in [3.63, 3.8) is 0 Å². The number of nitrogen functional groups attached to an aromatic ring is 1. The van der Waals surface area contributed by atoms with Gasteiger partial charge in [-0.05, 0) is 18.6 Å². The number of pyridine rings is 1. The first kappa shape index (κ1) is 14.3. The first-order valence-corrected chi connectivity index (χ1v) is 7.42. The molecule has 0 unspecified atom stereocenters. The normalized spacial score (nSPS) is 11.3. The Morgan fingerprint density at radius 2 is 2.15 bits per heavy atom. The fourth-order valence-corrected chi connectivity index (χ4v) is 2.73. The molecule has 4 N–H and O–H groups in total. The molecule has 0 atom stereocenters. The third-order valence-corrected chi connectivity index (χ3v) is 4.03. The highest BCUT2D eigenvalue weighted by atomic mass is 32.2. The van der Waals surface area contributed by atoms with E-state index in [-0.39, 0.29) is 4.90 Å². The molecule has 0 spiro atoms. The van der Waals surface area contributed by atoms with Gasteiger partial charge >= 0.3 is 0 Å². The van der Waals surface area contributed by atoms with Crippen LogP contribution in [0.4, 0.5) is 11.5 Å². The highest BCUT2D eigenvalue weighted by Crippen LogP contribution is 2.19. The standard InChI is InChI=1S/C11H16N6O2S/c1-3-9-10(7-17(2)15-9)16-20(18,19)8-4-5-11(14-12)13-6-8/h4-7,16H,3,12H2,1-2H3,(H,13,14). The van der Waals surface area contributed by atoms with Gasteiger partial charge in [0.2, 0.25) is 0 Å². The maximum absolute atomic E-state index is 12.2. The summed E-state index contributed by atoms with van der Waals surface area (Å²) in [7, 11) is -1.96. The largest absolute Gasteiger partial charge is 0.308 e. The summed E-state index contributed by atoms with van der Waals surface area (Å²) in [5, 5.41) is 4.18. The number of aromatic nitrogens is 3. The summed E-state index contributed by atoms with van der Waals surface area (Å²) in [6.45, 7) is 1.91. The number of nitrogens with zero attached hydrogens (tertiary/aromatic N) is 3. The molecule has 2 aromatic heterocycles. The predicted molar refractivity (Wildman–Crippen MR) is 75.4 cm³/mol. The number of nitrogens with two attached hydrogens (primary N) is 1. The molecule has 2 rings (SSSR count). The summed E-state index contributed by atoms with van der Waals surface area (Å²) < 4.78 is 28.6. The number of rotatable bonds is 5. The molecular weight excluding hydrogens is 280 g/mol. The summed E-state index contributed by atoms with van der Waals surface area (Å²) >= 11 is 0. The first-order chi connectivity index (χ1) is 9.46. The Morgan fingerprint density at radius 1 is 1.40 bits per heavy atom. The summed E-state index contributed by atoms with van der Waals surface area (Å²) in [5.74, 6) is 5.57. The molecule has 0 aliphatic heterocycles. The minimum absolute atomic E-state index is 0.0578. The van der Waals surface area contributed by atoms with Crippen LogP contribution in [0.1, 0.15) is 12.6 Å². The van der Waals surface area contributed by atoms with Crippen LogP contribution >= 0.6 is 0 Å². The van der Waals surface area contributed by atoms with Crippen molar-refractivity contribution in [2.45, 2.75) is 18.2 Å². The zero-order chi connectivity index (χ0) is 14.8. The van der Waals surface area contributed by atoms with Gasteiger partial charge in [0.15, 0.2) is 0 Å². The molecular formula is C11H16N6O2S. The van der Waals surface area contributed by atoms with Crippen LogP contribution in [0.2, 0.25) is 0 Å². The number of hydrogen-bond acceptors (Lipinski definition) is 6. The van der Waals surface area contributed by atoms with Crippen LogP contribution in [-0.2, 0) is 23.5 Å². The molecule has 0 fully saturated rings. The molecule has 0 aliphatic rings. The lowest BCUT2D eigenvalue weighted by atomic mass is 10.3. The first-order valence-electron chi connectivity index (χ1n) is 5.94. The second-order valence-electron chi connectivity index (χ2n) is 4.15. The van der Waals surface area contributed by atoms with Crippen molar-refractivity contribution in [3.05, 3.63) is 30.2 Å². The lowest BCUT2D eigenvalue weighted by molar-refractivity contribution is 0.601. The van der Waals surface area contributed by atoms with Crippen LogP contribution in [-0.4, -0.2) is 23.2 Å². The number of hydrogen-bond donors (Lipinski definition) is 3. The lowest BCUT2D eigenvalue weighted by Crippen LogP contribution is -2.15. The van der Waals surface area contributed by atoms with Crippen LogP contribution < -0.4 is 16.0 Å². The maximum Gasteiger partial charge on any atom is 0.263 e. The number of sulfonamides is 1. The molecule has 0 aliphatic carbocycles. The van der Waals surface area contributed by atoms with Gasteiger partial charge in [-0.1, -0.05) is 6.92 Å². The average Bonchev–Trinajstić information content (AvgIpc) is 2.78. The molecule has 9 heteroatoms. The number of nitrogens with one attached hydrogen (secondary N) is 2. The zero-order valence-corrected chi connectivity index (χ0v) is 12.0. The number of aryl methyl sites for hydroxylation is 2. The Bertz CT molecular complexity index is 692. The van der Waals surface area contributed by atoms with E-state index >= 15 is 0 Å². The predicted octanol–water partition coefficient (Wildman–Crippen LogP) is 0.464. The fraction of sp³-hybridized carbons (Fsp3) is 0.273. The third kappa shape index (κ3) is 2.89. The van der Waals surface area contributed by atoms with Crippen molar-refractivity contribution in [1.29, 1.82) is 0 Å². The van der Waals surface area contributed by atoms with E-state index in [4.69, 9.17) is 5.84 Å². The third-order valence-electron chi connectivity index (χ3n) is 2.68. The van der Waals surface area contributed by atoms with Crippen LogP contribution in [0.15, 0.2) is 29.4 Å². The summed E-state index contributed by atoms with van der Waals surface area (Å²) in [5.41, 5.74) is 3.49. The Kier molecular flexibility index (Phi) is 3.91. The van der Waals surface area contributed by atoms with Crippen molar-refractivity contribution >= 4 is 21.5 Å². The molecule has 108 valence electrons. The molecule has 0 saturated carbocycles. The van der Waals surface area contributed by atoms with Crippen molar-refractivity contribution in [2.24, 2.45) is 12.9 Å². The van der Waals surface area contributed by atoms with Gasteiger partial charge in [-0.25, -0.2) is 19.2 Å². The van der Waals surface area contributed by atoms with Crippen LogP contribution in [0.5, 0.6) is 0 Å². The highest BCUT2D eigenvalue weighted by Gasteiger charge is 2.17. The van der Waals surface area contributed by atoms with E-state index < -0.39 is 10.0 Å². The van der Waals surface area contributed by atoms with Crippen molar-refractivity contribution in [3.8, 4) is 0 Å². The summed E-state index contributed by atoms with van der Waals surface area (Å²) in [6.07, 6.45) is 3.49. The van der Waals surface area contributed by atoms with E-state index in [0.717, 1.165) is 0 Å². The van der Waals surface area contributed by atoms with Crippen molar-refractivity contribution in [1.82, 2.24) is 14.8 Å². The monoisotopic (exact) mass is 296 g/mol. The number of anilines is 2. The topological polar surface area (TPSA) is 115 Å². The van der Waals surface area contributed by atoms with E-state index in [1.807, 2.05) is 6.92 Å². The number of hydrazine groups is 1. The Morgan fingerprint density at radius 3 is 2.70 bits per heavy atom. The molecule has 0 aromatic carbocycles. The maximum atomic E-state index is 12.2. The Balaban J connectivity index is 2.30. The smallest absolute Gasteiger partial charge is 0.263 e. The molecule has 8 nitrogen and oxygen atoms in total. The fourth-order valence-electron chi connectivity index (χ4n) is 1.71. The van der Waals surface area contributed by atoms with Gasteiger partial charge in [-0.3, -0.25) is 9.40 Å². The quantitative estimate of drug-likeness (QED) is 0.545. The molecule has 2 aromatic rings. The van der Waals surface area contributed by atoms with Gasteiger partial charge < -0.3 is 5.43 Å². The van der Waals surface area contributed by atoms with Gasteiger partial charge in [0.25, 0.3) is 10.0 Å². The van der Waals surface area contributed by atoms with Crippen molar-refractivity contribution < 1.29 is 8.42 Å². The minimum atomic E-state index is -3.69. The van der Waals surface area contributed by atoms with E-state index in [9.17, 15) is 8.42 Å². The second-order valence-corrected chi connectivity index (χ2v) is 5.83. The minimum Gasteiger partial charge on any atom is -0.308 e. The second kappa shape index (κ2) is 5.47. The molecule has 20 heavy (non-hydrogen) atoms. The molecule has 2 heterocycles. The summed E-state index contributed by atoms with van der Waals surface area (Å²) in [4.78, 5) is 3.93. The Hall–Kier alpha value is -2.13. The van der Waals surface area contributed by atoms with Gasteiger partial charge in [0.1, 0.15) is 10.7 Å². The summed E-state index contributed by atoms with van der Waals surface area (Å²) in [6, 6.07) is 2.91. The molecule has 0 radical (unpaired) electrons. The zero-order valence-electron chi connectivity index (χ0n) is 11.2. The Labute approximate surface area is 117 Å². The lowest BCUT2D eigenvalue weighted by Gasteiger charge is -2.07. The SMILES string of the molecule is CCc1nn(C)cc1NS(=O)(=O)c1ccc(NN)nc1. The average molecular weight is 296 g/mol. The molecule has 0 amide bonds. The van der Waals surface area contributed by atoms with Crippen LogP contribution in [0.3, 0.4) is 0 Å². The molecule has 0 saturated heterocycles. The van der Waals surface area contributed by atoms with Crippen LogP contribution in [0.25, 0.3) is 0 Å². The van der Waals surface area contributed by atoms with E-state index in [0.29, 0.717) is 23.6 Å². The van der Waals surface area contributed by atoms with Gasteiger partial charge in [-0.2, -0.15) is 5.10 Å². The highest BCUT2D eigenvalue weighted by molar-refractivity contribution is 7.92. The van der Waals surface area contributed by atoms with E-state index in [1.165, 1.54) is 18.3 Å². The van der Waals surface area contributed by atoms with Crippen LogP contribution in [0, 0.1) is 0 Å². The van der Waals surface area contributed by atoms with E-state index in [1.54, 1.807) is 17.9 Å².